The molecule has 0 unspecified atom stereocenters. The van der Waals surface area contributed by atoms with Crippen LogP contribution in [-0.2, 0) is 12.1 Å². The standard InChI is InChI=1S/C15H19N3O2/c1-15(2,3)18-10-11(9-17-18)8-16-13-6-4-5-12(7-13)14(19)20/h4-7,9-10,16H,8H2,1-3H3,(H,19,20). The molecular weight excluding hydrogens is 254 g/mol. The summed E-state index contributed by atoms with van der Waals surface area (Å²) in [6.45, 7) is 6.88. The Morgan fingerprint density at radius 2 is 2.15 bits per heavy atom. The number of aromatic carboxylic acids is 1. The van der Waals surface area contributed by atoms with E-state index in [1.165, 1.54) is 0 Å². The molecule has 5 nitrogen and oxygen atoms in total. The zero-order valence-electron chi connectivity index (χ0n) is 11.9. The number of benzene rings is 1. The van der Waals surface area contributed by atoms with E-state index >= 15 is 0 Å². The van der Waals surface area contributed by atoms with Crippen molar-refractivity contribution in [3.8, 4) is 0 Å². The second-order valence-electron chi connectivity index (χ2n) is 5.70. The third-order valence-electron chi connectivity index (χ3n) is 2.93. The monoisotopic (exact) mass is 273 g/mol. The molecule has 0 fully saturated rings. The summed E-state index contributed by atoms with van der Waals surface area (Å²) in [5.41, 5.74) is 2.08. The van der Waals surface area contributed by atoms with E-state index in [0.717, 1.165) is 11.3 Å². The first-order valence-corrected chi connectivity index (χ1v) is 6.47. The molecular formula is C15H19N3O2. The number of rotatable bonds is 4. The summed E-state index contributed by atoms with van der Waals surface area (Å²) in [7, 11) is 0. The number of nitrogens with one attached hydrogen (secondary N) is 1. The van der Waals surface area contributed by atoms with E-state index in [2.05, 4.69) is 31.2 Å². The fourth-order valence-corrected chi connectivity index (χ4v) is 1.78. The van der Waals surface area contributed by atoms with E-state index in [4.69, 9.17) is 5.11 Å². The fourth-order valence-electron chi connectivity index (χ4n) is 1.78. The maximum Gasteiger partial charge on any atom is 0.335 e. The van der Waals surface area contributed by atoms with Crippen LogP contribution in [0.5, 0.6) is 0 Å². The number of carboxylic acids is 1. The minimum Gasteiger partial charge on any atom is -0.478 e. The number of anilines is 1. The molecule has 20 heavy (non-hydrogen) atoms. The molecule has 2 rings (SSSR count). The van der Waals surface area contributed by atoms with Crippen molar-refractivity contribution in [1.29, 1.82) is 0 Å². The van der Waals surface area contributed by atoms with Gasteiger partial charge in [-0.3, -0.25) is 4.68 Å². The van der Waals surface area contributed by atoms with Crippen LogP contribution in [0.15, 0.2) is 36.7 Å². The minimum absolute atomic E-state index is 0.0402. The van der Waals surface area contributed by atoms with Gasteiger partial charge in [-0.05, 0) is 39.0 Å². The first kappa shape index (κ1) is 14.1. The summed E-state index contributed by atoms with van der Waals surface area (Å²) >= 11 is 0. The highest BCUT2D eigenvalue weighted by Gasteiger charge is 2.13. The Balaban J connectivity index is 2.04. The van der Waals surface area contributed by atoms with Crippen LogP contribution in [0.25, 0.3) is 0 Å². The van der Waals surface area contributed by atoms with Crippen LogP contribution in [0.2, 0.25) is 0 Å². The van der Waals surface area contributed by atoms with Gasteiger partial charge in [0.15, 0.2) is 0 Å². The third-order valence-corrected chi connectivity index (χ3v) is 2.93. The quantitative estimate of drug-likeness (QED) is 0.898. The average Bonchev–Trinajstić information content (AvgIpc) is 2.85. The van der Waals surface area contributed by atoms with Gasteiger partial charge < -0.3 is 10.4 Å². The van der Waals surface area contributed by atoms with Gasteiger partial charge in [-0.25, -0.2) is 4.79 Å². The van der Waals surface area contributed by atoms with Crippen LogP contribution in [0.1, 0.15) is 36.7 Å². The lowest BCUT2D eigenvalue weighted by Gasteiger charge is -2.18. The predicted octanol–water partition coefficient (Wildman–Crippen LogP) is 2.95. The van der Waals surface area contributed by atoms with Crippen molar-refractivity contribution >= 4 is 11.7 Å². The van der Waals surface area contributed by atoms with Crippen molar-refractivity contribution in [1.82, 2.24) is 9.78 Å². The van der Waals surface area contributed by atoms with Gasteiger partial charge in [-0.1, -0.05) is 6.07 Å². The Kier molecular flexibility index (Phi) is 3.79. The summed E-state index contributed by atoms with van der Waals surface area (Å²) in [4.78, 5) is 10.9. The van der Waals surface area contributed by atoms with Gasteiger partial charge in [-0.15, -0.1) is 0 Å². The molecule has 0 aliphatic heterocycles. The fraction of sp³-hybridized carbons (Fsp3) is 0.333. The number of nitrogens with zero attached hydrogens (tertiary/aromatic N) is 2. The van der Waals surface area contributed by atoms with E-state index in [1.54, 1.807) is 18.2 Å². The van der Waals surface area contributed by atoms with Crippen LogP contribution >= 0.6 is 0 Å². The molecule has 2 aromatic rings. The molecule has 2 N–H and O–H groups in total. The molecule has 1 aromatic heterocycles. The zero-order chi connectivity index (χ0) is 14.8. The van der Waals surface area contributed by atoms with Gasteiger partial charge in [0.05, 0.1) is 17.3 Å². The highest BCUT2D eigenvalue weighted by Crippen LogP contribution is 2.15. The SMILES string of the molecule is CC(C)(C)n1cc(CNc2cccc(C(=O)O)c2)cn1. The Hall–Kier alpha value is -2.30. The molecule has 1 heterocycles. The molecule has 0 radical (unpaired) electrons. The van der Waals surface area contributed by atoms with Crippen LogP contribution < -0.4 is 5.32 Å². The Morgan fingerprint density at radius 3 is 2.75 bits per heavy atom. The van der Waals surface area contributed by atoms with Crippen molar-refractivity contribution in [2.45, 2.75) is 32.9 Å². The van der Waals surface area contributed by atoms with Gasteiger partial charge in [0.2, 0.25) is 0 Å². The molecule has 0 saturated carbocycles. The number of carboxylic acid groups (broad SMARTS) is 1. The molecule has 0 aliphatic carbocycles. The molecule has 0 bridgehead atoms. The minimum atomic E-state index is -0.922. The summed E-state index contributed by atoms with van der Waals surface area (Å²) in [5, 5.41) is 16.5. The summed E-state index contributed by atoms with van der Waals surface area (Å²) in [6, 6.07) is 6.77. The molecule has 0 spiro atoms. The van der Waals surface area contributed by atoms with Crippen LogP contribution in [0.3, 0.4) is 0 Å². The van der Waals surface area contributed by atoms with Crippen LogP contribution in [0.4, 0.5) is 5.69 Å². The number of hydrogen-bond acceptors (Lipinski definition) is 3. The largest absolute Gasteiger partial charge is 0.478 e. The highest BCUT2D eigenvalue weighted by molar-refractivity contribution is 5.88. The van der Waals surface area contributed by atoms with E-state index in [9.17, 15) is 4.79 Å². The molecule has 0 saturated heterocycles. The Bertz CT molecular complexity index is 612. The van der Waals surface area contributed by atoms with Gasteiger partial charge in [0, 0.05) is 24.0 Å². The van der Waals surface area contributed by atoms with Crippen molar-refractivity contribution in [3.05, 3.63) is 47.8 Å². The summed E-state index contributed by atoms with van der Waals surface area (Å²) < 4.78 is 1.91. The molecule has 0 amide bonds. The van der Waals surface area contributed by atoms with E-state index in [-0.39, 0.29) is 11.1 Å². The maximum atomic E-state index is 10.9. The van der Waals surface area contributed by atoms with E-state index < -0.39 is 5.97 Å². The molecule has 1 aromatic carbocycles. The lowest BCUT2D eigenvalue weighted by atomic mass is 10.1. The Labute approximate surface area is 118 Å². The lowest BCUT2D eigenvalue weighted by molar-refractivity contribution is 0.0697. The van der Waals surface area contributed by atoms with Gasteiger partial charge in [-0.2, -0.15) is 5.10 Å². The first-order chi connectivity index (χ1) is 9.36. The van der Waals surface area contributed by atoms with Gasteiger partial charge in [0.25, 0.3) is 0 Å². The zero-order valence-corrected chi connectivity index (χ0v) is 11.9. The van der Waals surface area contributed by atoms with Crippen molar-refractivity contribution in [3.63, 3.8) is 0 Å². The molecule has 0 atom stereocenters. The van der Waals surface area contributed by atoms with Crippen LogP contribution in [-0.4, -0.2) is 20.9 Å². The number of hydrogen-bond donors (Lipinski definition) is 2. The first-order valence-electron chi connectivity index (χ1n) is 6.47. The average molecular weight is 273 g/mol. The topological polar surface area (TPSA) is 67.2 Å². The summed E-state index contributed by atoms with van der Waals surface area (Å²) in [5.74, 6) is -0.922. The number of carbonyl (C=O) groups is 1. The van der Waals surface area contributed by atoms with Crippen molar-refractivity contribution in [2.75, 3.05) is 5.32 Å². The second-order valence-corrected chi connectivity index (χ2v) is 5.70. The smallest absolute Gasteiger partial charge is 0.335 e. The van der Waals surface area contributed by atoms with Gasteiger partial charge in [0.1, 0.15) is 0 Å². The van der Waals surface area contributed by atoms with Crippen molar-refractivity contribution < 1.29 is 9.90 Å². The molecule has 0 aliphatic rings. The normalized spacial score (nSPS) is 11.3. The highest BCUT2D eigenvalue weighted by atomic mass is 16.4. The predicted molar refractivity (Wildman–Crippen MR) is 78.0 cm³/mol. The number of aromatic nitrogens is 2. The Morgan fingerprint density at radius 1 is 1.40 bits per heavy atom. The van der Waals surface area contributed by atoms with Crippen LogP contribution in [0, 0.1) is 0 Å². The van der Waals surface area contributed by atoms with E-state index in [0.29, 0.717) is 6.54 Å². The third kappa shape index (κ3) is 3.38. The van der Waals surface area contributed by atoms with E-state index in [1.807, 2.05) is 23.1 Å². The molecule has 5 heteroatoms. The molecule has 106 valence electrons. The van der Waals surface area contributed by atoms with Gasteiger partial charge >= 0.3 is 5.97 Å². The second kappa shape index (κ2) is 5.36. The lowest BCUT2D eigenvalue weighted by Crippen LogP contribution is -2.21. The summed E-state index contributed by atoms with van der Waals surface area (Å²) in [6.07, 6.45) is 3.81. The maximum absolute atomic E-state index is 10.9. The van der Waals surface area contributed by atoms with Crippen molar-refractivity contribution in [2.24, 2.45) is 0 Å².